The van der Waals surface area contributed by atoms with Crippen LogP contribution >= 0.6 is 43.2 Å². The Morgan fingerprint density at radius 1 is 0.760 bits per heavy atom. The van der Waals surface area contributed by atoms with Gasteiger partial charge >= 0.3 is 5.97 Å². The van der Waals surface area contributed by atoms with Crippen molar-refractivity contribution in [2.75, 3.05) is 29.6 Å². The maximum absolute atomic E-state index is 11.0. The number of rotatable bonds is 19. The summed E-state index contributed by atoms with van der Waals surface area (Å²) in [6.07, 6.45) is 11.4. The summed E-state index contributed by atoms with van der Waals surface area (Å²) in [7, 11) is 8.10. The smallest absolute Gasteiger partial charge is 0.302 e. The van der Waals surface area contributed by atoms with Gasteiger partial charge in [0.25, 0.3) is 0 Å². The van der Waals surface area contributed by atoms with Crippen LogP contribution in [0.5, 0.6) is 0 Å². The van der Waals surface area contributed by atoms with Gasteiger partial charge in [-0.1, -0.05) is 69.9 Å². The van der Waals surface area contributed by atoms with Gasteiger partial charge in [-0.05, 0) is 50.9 Å². The van der Waals surface area contributed by atoms with E-state index in [4.69, 9.17) is 4.74 Å². The van der Waals surface area contributed by atoms with Crippen molar-refractivity contribution in [1.29, 1.82) is 0 Å². The monoisotopic (exact) mass is 426 g/mol. The lowest BCUT2D eigenvalue weighted by atomic mass is 9.95. The molecule has 0 amide bonds. The van der Waals surface area contributed by atoms with Crippen LogP contribution in [0.3, 0.4) is 0 Å². The molecule has 0 aromatic heterocycles. The van der Waals surface area contributed by atoms with Crippen molar-refractivity contribution in [3.63, 3.8) is 0 Å². The molecule has 0 aliphatic heterocycles. The Hall–Kier alpha value is 0.870. The zero-order chi connectivity index (χ0) is 18.6. The predicted molar refractivity (Wildman–Crippen MR) is 123 cm³/mol. The predicted octanol–water partition coefficient (Wildman–Crippen LogP) is 7.48. The molecule has 0 N–H and O–H groups in total. The second kappa shape index (κ2) is 21.2. The van der Waals surface area contributed by atoms with Crippen LogP contribution in [0.15, 0.2) is 0 Å². The molecule has 0 saturated heterocycles. The second-order valence-electron chi connectivity index (χ2n) is 6.27. The van der Waals surface area contributed by atoms with E-state index in [1.807, 2.05) is 43.2 Å². The lowest BCUT2D eigenvalue weighted by Crippen LogP contribution is -2.09. The molecule has 0 aliphatic carbocycles. The fourth-order valence-corrected chi connectivity index (χ4v) is 6.99. The Bertz CT molecular complexity index is 273. The molecule has 2 nitrogen and oxygen atoms in total. The summed E-state index contributed by atoms with van der Waals surface area (Å²) < 4.78 is 5.16. The van der Waals surface area contributed by atoms with Crippen molar-refractivity contribution >= 4 is 49.1 Å². The molecule has 0 unspecified atom stereocenters. The van der Waals surface area contributed by atoms with Crippen molar-refractivity contribution in [3.8, 4) is 0 Å². The lowest BCUT2D eigenvalue weighted by molar-refractivity contribution is -0.141. The van der Waals surface area contributed by atoms with Gasteiger partial charge in [-0.2, -0.15) is 0 Å². The van der Waals surface area contributed by atoms with E-state index in [1.165, 1.54) is 81.3 Å². The van der Waals surface area contributed by atoms with Gasteiger partial charge in [0.15, 0.2) is 0 Å². The minimum atomic E-state index is -0.149. The molecule has 0 atom stereocenters. The summed E-state index contributed by atoms with van der Waals surface area (Å²) in [6, 6.07) is 0. The molecule has 150 valence electrons. The first kappa shape index (κ1) is 25.9. The number of hydrogen-bond acceptors (Lipinski definition) is 6. The van der Waals surface area contributed by atoms with Gasteiger partial charge in [0, 0.05) is 29.9 Å². The third-order valence-corrected chi connectivity index (χ3v) is 9.00. The number of esters is 1. The zero-order valence-corrected chi connectivity index (χ0v) is 19.7. The summed E-state index contributed by atoms with van der Waals surface area (Å²) >= 11 is 0. The fraction of sp³-hybridized carbons (Fsp3) is 0.947. The highest BCUT2D eigenvalue weighted by molar-refractivity contribution is 8.77. The van der Waals surface area contributed by atoms with E-state index in [0.717, 1.165) is 6.42 Å². The quantitative estimate of drug-likeness (QED) is 0.121. The number of unbranched alkanes of at least 4 members (excludes halogenated alkanes) is 2. The molecule has 0 saturated carbocycles. The van der Waals surface area contributed by atoms with Crippen LogP contribution in [0, 0.1) is 5.92 Å². The third kappa shape index (κ3) is 21.0. The first-order chi connectivity index (χ1) is 12.2. The van der Waals surface area contributed by atoms with E-state index in [-0.39, 0.29) is 5.97 Å². The Balaban J connectivity index is 3.76. The van der Waals surface area contributed by atoms with Gasteiger partial charge in [0.2, 0.25) is 0 Å². The van der Waals surface area contributed by atoms with Gasteiger partial charge in [-0.3, -0.25) is 4.79 Å². The van der Waals surface area contributed by atoms with Crippen molar-refractivity contribution in [2.45, 2.75) is 78.6 Å². The molecule has 0 aromatic carbocycles. The van der Waals surface area contributed by atoms with Gasteiger partial charge < -0.3 is 4.74 Å². The van der Waals surface area contributed by atoms with E-state index in [1.54, 1.807) is 0 Å². The van der Waals surface area contributed by atoms with Crippen LogP contribution < -0.4 is 0 Å². The lowest BCUT2D eigenvalue weighted by Gasteiger charge is -2.16. The van der Waals surface area contributed by atoms with Crippen LogP contribution in [0.25, 0.3) is 0 Å². The molecule has 0 rings (SSSR count). The molecule has 0 aliphatic rings. The van der Waals surface area contributed by atoms with Crippen LogP contribution in [-0.2, 0) is 9.53 Å². The minimum Gasteiger partial charge on any atom is -0.466 e. The van der Waals surface area contributed by atoms with Crippen LogP contribution in [-0.4, -0.2) is 35.6 Å². The van der Waals surface area contributed by atoms with Crippen LogP contribution in [0.1, 0.15) is 78.6 Å². The Labute approximate surface area is 172 Å². The van der Waals surface area contributed by atoms with Crippen LogP contribution in [0.2, 0.25) is 0 Å². The number of ether oxygens (including phenoxy) is 1. The number of hydrogen-bond donors (Lipinski definition) is 0. The van der Waals surface area contributed by atoms with Crippen molar-refractivity contribution < 1.29 is 9.53 Å². The zero-order valence-electron chi connectivity index (χ0n) is 16.4. The normalized spacial score (nSPS) is 11.2. The molecule has 0 radical (unpaired) electrons. The van der Waals surface area contributed by atoms with E-state index in [2.05, 4.69) is 13.8 Å². The molecular formula is C19H38O2S4. The highest BCUT2D eigenvalue weighted by Gasteiger charge is 2.10. The number of carbonyl (C=O) groups excluding carboxylic acids is 1. The van der Waals surface area contributed by atoms with E-state index >= 15 is 0 Å². The Morgan fingerprint density at radius 3 is 1.60 bits per heavy atom. The summed E-state index contributed by atoms with van der Waals surface area (Å²) in [5.74, 6) is 5.62. The maximum Gasteiger partial charge on any atom is 0.302 e. The first-order valence-electron chi connectivity index (χ1n) is 9.82. The molecule has 0 spiro atoms. The highest BCUT2D eigenvalue weighted by atomic mass is 33.1. The van der Waals surface area contributed by atoms with E-state index < -0.39 is 0 Å². The third-order valence-electron chi connectivity index (χ3n) is 3.84. The van der Waals surface area contributed by atoms with Gasteiger partial charge in [-0.25, -0.2) is 0 Å². The van der Waals surface area contributed by atoms with Gasteiger partial charge in [0.1, 0.15) is 0 Å². The average Bonchev–Trinajstić information content (AvgIpc) is 2.59. The van der Waals surface area contributed by atoms with E-state index in [0.29, 0.717) is 12.5 Å². The van der Waals surface area contributed by atoms with Gasteiger partial charge in [0.05, 0.1) is 6.61 Å². The average molecular weight is 427 g/mol. The summed E-state index contributed by atoms with van der Waals surface area (Å²) in [4.78, 5) is 11.0. The maximum atomic E-state index is 11.0. The topological polar surface area (TPSA) is 26.3 Å². The molecule has 0 heterocycles. The standard InChI is InChI=1S/C19H38O2S4/c1-4-6-14-22-24-16-8-10-19(12-13-21-18(3)20)11-9-17-25-23-15-7-5-2/h19H,4-17H2,1-3H3. The van der Waals surface area contributed by atoms with Crippen LogP contribution in [0.4, 0.5) is 0 Å². The Morgan fingerprint density at radius 2 is 1.20 bits per heavy atom. The van der Waals surface area contributed by atoms with Gasteiger partial charge in [-0.15, -0.1) is 0 Å². The van der Waals surface area contributed by atoms with Crippen molar-refractivity contribution in [1.82, 2.24) is 0 Å². The number of carbonyl (C=O) groups is 1. The van der Waals surface area contributed by atoms with Crippen molar-refractivity contribution in [2.24, 2.45) is 5.92 Å². The largest absolute Gasteiger partial charge is 0.466 e. The highest BCUT2D eigenvalue weighted by Crippen LogP contribution is 2.28. The SMILES string of the molecule is CCCCSSCCCC(CCCSSCCCC)CCOC(C)=O. The second-order valence-corrected chi connectivity index (χ2v) is 11.7. The minimum absolute atomic E-state index is 0.149. The fourth-order valence-electron chi connectivity index (χ4n) is 2.31. The molecule has 0 aromatic rings. The van der Waals surface area contributed by atoms with Crippen molar-refractivity contribution in [3.05, 3.63) is 0 Å². The Kier molecular flexibility index (Phi) is 21.9. The molecule has 25 heavy (non-hydrogen) atoms. The molecule has 0 fully saturated rings. The summed E-state index contributed by atoms with van der Waals surface area (Å²) in [5.41, 5.74) is 0. The molecule has 6 heteroatoms. The molecule has 0 bridgehead atoms. The molecular weight excluding hydrogens is 388 g/mol. The first-order valence-corrected chi connectivity index (χ1v) is 14.8. The summed E-state index contributed by atoms with van der Waals surface area (Å²) in [5, 5.41) is 0. The summed E-state index contributed by atoms with van der Waals surface area (Å²) in [6.45, 7) is 6.60. The van der Waals surface area contributed by atoms with E-state index in [9.17, 15) is 4.79 Å².